The number of aromatic nitrogens is 1. The quantitative estimate of drug-likeness (QED) is 0.353. The molecule has 174 valence electrons. The van der Waals surface area contributed by atoms with E-state index in [-0.39, 0.29) is 17.4 Å². The maximum atomic E-state index is 13.8. The highest BCUT2D eigenvalue weighted by molar-refractivity contribution is 14.1. The number of methoxy groups -OCH3 is 1. The highest BCUT2D eigenvalue weighted by atomic mass is 127. The summed E-state index contributed by atoms with van der Waals surface area (Å²) >= 11 is 3.46. The number of allylic oxidation sites excluding steroid dienone is 1. The molecule has 2 heterocycles. The number of halogens is 1. The van der Waals surface area contributed by atoms with Crippen LogP contribution in [0, 0.1) is 3.57 Å². The zero-order chi connectivity index (χ0) is 24.1. The van der Waals surface area contributed by atoms with Crippen molar-refractivity contribution in [2.45, 2.75) is 18.9 Å². The number of phenolic OH excluding ortho intramolecular Hbond substituents is 1. The minimum atomic E-state index is -0.188. The molecule has 6 rings (SSSR count). The monoisotopic (exact) mass is 592 g/mol. The number of benzene rings is 3. The van der Waals surface area contributed by atoms with Crippen LogP contribution in [0.15, 0.2) is 82.1 Å². The van der Waals surface area contributed by atoms with Crippen LogP contribution in [0.1, 0.15) is 34.7 Å². The van der Waals surface area contributed by atoms with Crippen molar-refractivity contribution in [2.75, 3.05) is 7.11 Å². The van der Waals surface area contributed by atoms with Crippen LogP contribution in [0.2, 0.25) is 0 Å². The molecule has 1 aromatic heterocycles. The fraction of sp³-hybridized carbons (Fsp3) is 0.143. The molecule has 7 heteroatoms. The fourth-order valence-electron chi connectivity index (χ4n) is 4.94. The van der Waals surface area contributed by atoms with Crippen molar-refractivity contribution < 1.29 is 9.84 Å². The van der Waals surface area contributed by atoms with E-state index in [9.17, 15) is 9.90 Å². The van der Waals surface area contributed by atoms with Gasteiger partial charge in [-0.1, -0.05) is 65.9 Å². The topological polar surface area (TPSA) is 63.8 Å². The molecule has 35 heavy (non-hydrogen) atoms. The van der Waals surface area contributed by atoms with Crippen LogP contribution in [-0.2, 0) is 6.42 Å². The third kappa shape index (κ3) is 3.73. The summed E-state index contributed by atoms with van der Waals surface area (Å²) in [5.74, 6) is 0.479. The molecule has 0 amide bonds. The Kier molecular flexibility index (Phi) is 5.61. The molecule has 0 saturated heterocycles. The van der Waals surface area contributed by atoms with Crippen LogP contribution < -0.4 is 19.6 Å². The van der Waals surface area contributed by atoms with Crippen molar-refractivity contribution in [2.24, 2.45) is 4.99 Å². The molecule has 0 spiro atoms. The Labute approximate surface area is 219 Å². The molecule has 1 aliphatic heterocycles. The minimum absolute atomic E-state index is 0.0601. The van der Waals surface area contributed by atoms with Gasteiger partial charge in [0.05, 0.1) is 27.0 Å². The average Bonchev–Trinajstić information content (AvgIpc) is 3.19. The Hall–Kier alpha value is -3.17. The summed E-state index contributed by atoms with van der Waals surface area (Å²) in [4.78, 5) is 19.6. The second kappa shape index (κ2) is 8.80. The van der Waals surface area contributed by atoms with E-state index in [0.29, 0.717) is 18.7 Å². The van der Waals surface area contributed by atoms with Gasteiger partial charge in [0.25, 0.3) is 5.56 Å². The van der Waals surface area contributed by atoms with Gasteiger partial charge in [-0.25, -0.2) is 4.99 Å². The number of thiazole rings is 1. The number of aryl methyl sites for hydroxylation is 1. The summed E-state index contributed by atoms with van der Waals surface area (Å²) in [6, 6.07) is 22.0. The predicted molar refractivity (Wildman–Crippen MR) is 147 cm³/mol. The molecule has 0 bridgehead atoms. The van der Waals surface area contributed by atoms with E-state index < -0.39 is 0 Å². The van der Waals surface area contributed by atoms with Crippen LogP contribution in [0.5, 0.6) is 11.5 Å². The summed E-state index contributed by atoms with van der Waals surface area (Å²) in [6.07, 6.45) is 3.66. The molecule has 4 aromatic rings. The van der Waals surface area contributed by atoms with E-state index >= 15 is 0 Å². The Morgan fingerprint density at radius 1 is 1.11 bits per heavy atom. The Morgan fingerprint density at radius 3 is 2.69 bits per heavy atom. The number of rotatable bonds is 3. The summed E-state index contributed by atoms with van der Waals surface area (Å²) in [6.45, 7) is 0. The molecule has 0 fully saturated rings. The van der Waals surface area contributed by atoms with Gasteiger partial charge in [-0.3, -0.25) is 9.36 Å². The maximum absolute atomic E-state index is 13.8. The first-order valence-electron chi connectivity index (χ1n) is 11.3. The molecule has 3 aromatic carbocycles. The first-order chi connectivity index (χ1) is 17.0. The van der Waals surface area contributed by atoms with Crippen LogP contribution >= 0.6 is 33.9 Å². The lowest BCUT2D eigenvalue weighted by Gasteiger charge is -2.30. The lowest BCUT2D eigenvalue weighted by molar-refractivity contribution is 0.371. The van der Waals surface area contributed by atoms with E-state index in [1.54, 1.807) is 6.07 Å². The summed E-state index contributed by atoms with van der Waals surface area (Å²) in [5, 5.41) is 10.2. The largest absolute Gasteiger partial charge is 0.504 e. The van der Waals surface area contributed by atoms with Crippen LogP contribution in [0.3, 0.4) is 0 Å². The number of nitrogens with zero attached hydrogens (tertiary/aromatic N) is 2. The number of hydrogen-bond donors (Lipinski definition) is 1. The van der Waals surface area contributed by atoms with Crippen molar-refractivity contribution in [3.05, 3.63) is 118 Å². The van der Waals surface area contributed by atoms with Gasteiger partial charge in [0.2, 0.25) is 0 Å². The van der Waals surface area contributed by atoms with Gasteiger partial charge in [-0.15, -0.1) is 0 Å². The van der Waals surface area contributed by atoms with Crippen LogP contribution in [-0.4, -0.2) is 16.8 Å². The summed E-state index contributed by atoms with van der Waals surface area (Å²) in [5.41, 5.74) is 6.46. The van der Waals surface area contributed by atoms with Crippen molar-refractivity contribution in [1.29, 1.82) is 0 Å². The lowest BCUT2D eigenvalue weighted by atomic mass is 9.83. The summed E-state index contributed by atoms with van der Waals surface area (Å²) in [7, 11) is 1.52. The minimum Gasteiger partial charge on any atom is -0.504 e. The van der Waals surface area contributed by atoms with Gasteiger partial charge < -0.3 is 9.84 Å². The number of hydrogen-bond acceptors (Lipinski definition) is 5. The molecule has 1 aliphatic carbocycles. The second-order valence-corrected chi connectivity index (χ2v) is 10.7. The first-order valence-corrected chi connectivity index (χ1v) is 13.2. The zero-order valence-electron chi connectivity index (χ0n) is 18.9. The Balaban J connectivity index is 1.61. The molecule has 1 N–H and O–H groups in total. The highest BCUT2D eigenvalue weighted by Crippen LogP contribution is 2.41. The molecular weight excluding hydrogens is 571 g/mol. The molecular formula is C28H21IN2O3S. The first kappa shape index (κ1) is 22.3. The van der Waals surface area contributed by atoms with Crippen molar-refractivity contribution >= 4 is 45.7 Å². The van der Waals surface area contributed by atoms with Gasteiger partial charge in [0, 0.05) is 5.56 Å². The SMILES string of the molecule is COc1cc(C=c2sc3n(c2=O)C(c2ccccc2)C2=C(N=3)c3ccccc3CC2)cc(I)c1O. The van der Waals surface area contributed by atoms with Crippen molar-refractivity contribution in [1.82, 2.24) is 4.57 Å². The van der Waals surface area contributed by atoms with Gasteiger partial charge in [-0.2, -0.15) is 0 Å². The summed E-state index contributed by atoms with van der Waals surface area (Å²) < 4.78 is 8.42. The van der Waals surface area contributed by atoms with Gasteiger partial charge >= 0.3 is 0 Å². The van der Waals surface area contributed by atoms with Crippen LogP contribution in [0.4, 0.5) is 0 Å². The number of aromatic hydroxyl groups is 1. The maximum Gasteiger partial charge on any atom is 0.271 e. The van der Waals surface area contributed by atoms with E-state index in [4.69, 9.17) is 9.73 Å². The van der Waals surface area contributed by atoms with Gasteiger partial charge in [0.15, 0.2) is 16.3 Å². The smallest absolute Gasteiger partial charge is 0.271 e. The fourth-order valence-corrected chi connectivity index (χ4v) is 6.57. The standard InChI is InChI=1S/C28H21IN2O3S/c1-34-22-14-16(13-21(29)26(22)32)15-23-27(33)31-25(18-8-3-2-4-9-18)20-12-11-17-7-5-6-10-19(17)24(20)30-28(31)35-23/h2-10,13-15,25,32H,11-12H2,1H3. The number of ether oxygens (including phenoxy) is 1. The van der Waals surface area contributed by atoms with Gasteiger partial charge in [-0.05, 0) is 75.9 Å². The third-order valence-electron chi connectivity index (χ3n) is 6.56. The predicted octanol–water partition coefficient (Wildman–Crippen LogP) is 4.64. The van der Waals surface area contributed by atoms with Gasteiger partial charge in [0.1, 0.15) is 0 Å². The van der Waals surface area contributed by atoms with E-state index in [1.165, 1.54) is 29.6 Å². The average molecular weight is 592 g/mol. The molecule has 1 atom stereocenters. The third-order valence-corrected chi connectivity index (χ3v) is 8.36. The van der Waals surface area contributed by atoms with Crippen molar-refractivity contribution in [3.8, 4) is 11.5 Å². The molecule has 1 unspecified atom stereocenters. The highest BCUT2D eigenvalue weighted by Gasteiger charge is 2.32. The van der Waals surface area contributed by atoms with Crippen molar-refractivity contribution in [3.63, 3.8) is 0 Å². The molecule has 2 aliphatic rings. The second-order valence-electron chi connectivity index (χ2n) is 8.58. The van der Waals surface area contributed by atoms with E-state index in [1.807, 2.05) is 34.9 Å². The Bertz CT molecular complexity index is 1690. The normalized spacial score (nSPS) is 16.9. The number of phenols is 1. The number of fused-ring (bicyclic) bond motifs is 3. The Morgan fingerprint density at radius 2 is 1.89 bits per heavy atom. The zero-order valence-corrected chi connectivity index (χ0v) is 21.8. The van der Waals surface area contributed by atoms with Crippen LogP contribution in [0.25, 0.3) is 11.8 Å². The molecule has 0 radical (unpaired) electrons. The van der Waals surface area contributed by atoms with E-state index in [0.717, 1.165) is 35.2 Å². The molecule has 5 nitrogen and oxygen atoms in total. The molecule has 0 saturated carbocycles. The van der Waals surface area contributed by atoms with E-state index in [2.05, 4.69) is 59.0 Å². The lowest BCUT2D eigenvalue weighted by Crippen LogP contribution is -2.38.